The maximum Gasteiger partial charge on any atom is 0.161 e. The summed E-state index contributed by atoms with van der Waals surface area (Å²) in [7, 11) is 1.68. The van der Waals surface area contributed by atoms with Gasteiger partial charge in [0.15, 0.2) is 11.5 Å². The molecule has 1 rings (SSSR count). The molecule has 1 aromatic rings. The van der Waals surface area contributed by atoms with Crippen LogP contribution in [0.25, 0.3) is 0 Å². The van der Waals surface area contributed by atoms with Crippen molar-refractivity contribution in [3.05, 3.63) is 23.8 Å². The zero-order valence-electron chi connectivity index (χ0n) is 12.8. The van der Waals surface area contributed by atoms with Crippen molar-refractivity contribution in [1.82, 2.24) is 5.32 Å². The molecule has 0 aliphatic carbocycles. The molecule has 1 unspecified atom stereocenters. The summed E-state index contributed by atoms with van der Waals surface area (Å²) in [5.41, 5.74) is 1.22. The standard InChI is InChI=1S/C16H27NO2/c1-6-13(4)11-19-16-9-14(10-17-12(2)3)7-8-15(16)18-5/h7-9,12-13,17H,6,10-11H2,1-5H3. The molecule has 0 spiro atoms. The van der Waals surface area contributed by atoms with Gasteiger partial charge < -0.3 is 14.8 Å². The van der Waals surface area contributed by atoms with Crippen molar-refractivity contribution in [3.8, 4) is 11.5 Å². The van der Waals surface area contributed by atoms with Crippen LogP contribution in [0.4, 0.5) is 0 Å². The largest absolute Gasteiger partial charge is 0.493 e. The molecule has 0 bridgehead atoms. The van der Waals surface area contributed by atoms with Crippen LogP contribution in [0.2, 0.25) is 0 Å². The summed E-state index contributed by atoms with van der Waals surface area (Å²) in [5, 5.41) is 3.41. The normalized spacial score (nSPS) is 12.5. The molecule has 0 amide bonds. The Morgan fingerprint density at radius 1 is 1.16 bits per heavy atom. The number of benzene rings is 1. The molecule has 0 fully saturated rings. The second-order valence-electron chi connectivity index (χ2n) is 5.35. The third kappa shape index (κ3) is 5.52. The van der Waals surface area contributed by atoms with Crippen molar-refractivity contribution >= 4 is 0 Å². The molecule has 108 valence electrons. The van der Waals surface area contributed by atoms with Gasteiger partial charge in [0.05, 0.1) is 13.7 Å². The molecule has 3 heteroatoms. The highest BCUT2D eigenvalue weighted by molar-refractivity contribution is 5.43. The lowest BCUT2D eigenvalue weighted by atomic mass is 10.1. The molecule has 0 heterocycles. The maximum atomic E-state index is 5.88. The molecule has 0 aromatic heterocycles. The second-order valence-corrected chi connectivity index (χ2v) is 5.35. The van der Waals surface area contributed by atoms with Gasteiger partial charge in [-0.3, -0.25) is 0 Å². The quantitative estimate of drug-likeness (QED) is 0.778. The lowest BCUT2D eigenvalue weighted by Gasteiger charge is -2.15. The van der Waals surface area contributed by atoms with Crippen LogP contribution in [0, 0.1) is 5.92 Å². The van der Waals surface area contributed by atoms with Crippen LogP contribution in [-0.2, 0) is 6.54 Å². The smallest absolute Gasteiger partial charge is 0.161 e. The van der Waals surface area contributed by atoms with Crippen LogP contribution in [0.15, 0.2) is 18.2 Å². The average Bonchev–Trinajstić information content (AvgIpc) is 2.42. The van der Waals surface area contributed by atoms with Crippen LogP contribution in [0.5, 0.6) is 11.5 Å². The van der Waals surface area contributed by atoms with E-state index >= 15 is 0 Å². The van der Waals surface area contributed by atoms with E-state index in [4.69, 9.17) is 9.47 Å². The molecule has 1 N–H and O–H groups in total. The Labute approximate surface area is 117 Å². The minimum atomic E-state index is 0.478. The minimum Gasteiger partial charge on any atom is -0.493 e. The Morgan fingerprint density at radius 3 is 2.47 bits per heavy atom. The average molecular weight is 265 g/mol. The van der Waals surface area contributed by atoms with Crippen molar-refractivity contribution in [2.75, 3.05) is 13.7 Å². The van der Waals surface area contributed by atoms with Crippen molar-refractivity contribution in [3.63, 3.8) is 0 Å². The Hall–Kier alpha value is -1.22. The number of methoxy groups -OCH3 is 1. The van der Waals surface area contributed by atoms with Crippen LogP contribution >= 0.6 is 0 Å². The van der Waals surface area contributed by atoms with E-state index in [2.05, 4.69) is 45.1 Å². The molecular formula is C16H27NO2. The Morgan fingerprint density at radius 2 is 1.89 bits per heavy atom. The van der Waals surface area contributed by atoms with E-state index in [0.29, 0.717) is 12.0 Å². The van der Waals surface area contributed by atoms with E-state index in [-0.39, 0.29) is 0 Å². The van der Waals surface area contributed by atoms with Crippen LogP contribution in [-0.4, -0.2) is 19.8 Å². The van der Waals surface area contributed by atoms with Crippen molar-refractivity contribution in [2.24, 2.45) is 5.92 Å². The van der Waals surface area contributed by atoms with Crippen molar-refractivity contribution in [1.29, 1.82) is 0 Å². The first-order chi connectivity index (χ1) is 9.06. The van der Waals surface area contributed by atoms with E-state index in [1.54, 1.807) is 7.11 Å². The van der Waals surface area contributed by atoms with Crippen LogP contribution < -0.4 is 14.8 Å². The molecule has 1 atom stereocenters. The van der Waals surface area contributed by atoms with E-state index in [1.807, 2.05) is 6.07 Å². The first kappa shape index (κ1) is 15.8. The highest BCUT2D eigenvalue weighted by Gasteiger charge is 2.08. The summed E-state index contributed by atoms with van der Waals surface area (Å²) < 4.78 is 11.2. The van der Waals surface area contributed by atoms with Gasteiger partial charge in [-0.25, -0.2) is 0 Å². The predicted octanol–water partition coefficient (Wildman–Crippen LogP) is 3.62. The van der Waals surface area contributed by atoms with E-state index in [1.165, 1.54) is 5.56 Å². The Bertz CT molecular complexity index is 377. The molecule has 0 radical (unpaired) electrons. The molecule has 0 saturated carbocycles. The molecule has 0 saturated heterocycles. The maximum absolute atomic E-state index is 5.88. The highest BCUT2D eigenvalue weighted by Crippen LogP contribution is 2.28. The van der Waals surface area contributed by atoms with E-state index in [9.17, 15) is 0 Å². The van der Waals surface area contributed by atoms with Gasteiger partial charge in [-0.05, 0) is 23.6 Å². The fourth-order valence-electron chi connectivity index (χ4n) is 1.62. The third-order valence-electron chi connectivity index (χ3n) is 3.16. The van der Waals surface area contributed by atoms with Crippen molar-refractivity contribution < 1.29 is 9.47 Å². The monoisotopic (exact) mass is 265 g/mol. The lowest BCUT2D eigenvalue weighted by molar-refractivity contribution is 0.244. The van der Waals surface area contributed by atoms with Gasteiger partial charge >= 0.3 is 0 Å². The number of hydrogen-bond donors (Lipinski definition) is 1. The van der Waals surface area contributed by atoms with Gasteiger partial charge in [-0.1, -0.05) is 40.2 Å². The SMILES string of the molecule is CCC(C)COc1cc(CNC(C)C)ccc1OC. The summed E-state index contributed by atoms with van der Waals surface area (Å²) in [6, 6.07) is 6.59. The summed E-state index contributed by atoms with van der Waals surface area (Å²) in [6.45, 7) is 10.2. The molecule has 3 nitrogen and oxygen atoms in total. The van der Waals surface area contributed by atoms with E-state index < -0.39 is 0 Å². The number of nitrogens with one attached hydrogen (secondary N) is 1. The lowest BCUT2D eigenvalue weighted by Crippen LogP contribution is -2.21. The highest BCUT2D eigenvalue weighted by atomic mass is 16.5. The summed E-state index contributed by atoms with van der Waals surface area (Å²) >= 11 is 0. The molecule has 19 heavy (non-hydrogen) atoms. The van der Waals surface area contributed by atoms with Gasteiger partial charge in [0.2, 0.25) is 0 Å². The first-order valence-corrected chi connectivity index (χ1v) is 7.09. The molecule has 0 aliphatic heterocycles. The van der Waals surface area contributed by atoms with Crippen molar-refractivity contribution in [2.45, 2.75) is 46.7 Å². The van der Waals surface area contributed by atoms with Crippen LogP contribution in [0.1, 0.15) is 39.7 Å². The zero-order chi connectivity index (χ0) is 14.3. The number of ether oxygens (including phenoxy) is 2. The fourth-order valence-corrected chi connectivity index (χ4v) is 1.62. The summed E-state index contributed by atoms with van der Waals surface area (Å²) in [4.78, 5) is 0. The van der Waals surface area contributed by atoms with Gasteiger partial charge in [0.25, 0.3) is 0 Å². The minimum absolute atomic E-state index is 0.478. The molecular weight excluding hydrogens is 238 g/mol. The van der Waals surface area contributed by atoms with E-state index in [0.717, 1.165) is 31.1 Å². The van der Waals surface area contributed by atoms with Gasteiger partial charge in [0.1, 0.15) is 0 Å². The van der Waals surface area contributed by atoms with Crippen LogP contribution in [0.3, 0.4) is 0 Å². The van der Waals surface area contributed by atoms with Gasteiger partial charge in [-0.2, -0.15) is 0 Å². The summed E-state index contributed by atoms with van der Waals surface area (Å²) in [6.07, 6.45) is 1.12. The Kier molecular flexibility index (Phi) is 6.71. The number of rotatable bonds is 8. The second kappa shape index (κ2) is 8.05. The van der Waals surface area contributed by atoms with Gasteiger partial charge in [0, 0.05) is 12.6 Å². The number of hydrogen-bond acceptors (Lipinski definition) is 3. The first-order valence-electron chi connectivity index (χ1n) is 7.09. The van der Waals surface area contributed by atoms with Gasteiger partial charge in [-0.15, -0.1) is 0 Å². The Balaban J connectivity index is 2.72. The topological polar surface area (TPSA) is 30.5 Å². The molecule has 1 aromatic carbocycles. The fraction of sp³-hybridized carbons (Fsp3) is 0.625. The third-order valence-corrected chi connectivity index (χ3v) is 3.16. The zero-order valence-corrected chi connectivity index (χ0v) is 12.8. The predicted molar refractivity (Wildman–Crippen MR) is 79.9 cm³/mol. The summed E-state index contributed by atoms with van der Waals surface area (Å²) in [5.74, 6) is 2.20. The molecule has 0 aliphatic rings.